The number of aliphatic hydroxyl groups is 1. The second-order valence-corrected chi connectivity index (χ2v) is 11.4. The fourth-order valence-corrected chi connectivity index (χ4v) is 8.86. The molecule has 1 N–H and O–H groups in total. The Hall–Kier alpha value is -0.570. The number of carbonyl (C=O) groups is 1. The van der Waals surface area contributed by atoms with E-state index in [1.807, 2.05) is 0 Å². The molecule has 0 spiro atoms. The summed E-state index contributed by atoms with van der Waals surface area (Å²) in [6, 6.07) is 0. The molecule has 3 heteroatoms. The molecule has 4 aliphatic rings. The molecule has 0 aliphatic heterocycles. The Kier molecular flexibility index (Phi) is 5.61. The number of rotatable bonds is 4. The van der Waals surface area contributed by atoms with Gasteiger partial charge in [-0.15, -0.1) is 0 Å². The number of hydrogen-bond acceptors (Lipinski definition) is 3. The van der Waals surface area contributed by atoms with Crippen LogP contribution < -0.4 is 0 Å². The lowest BCUT2D eigenvalue weighted by atomic mass is 9.44. The van der Waals surface area contributed by atoms with Crippen LogP contribution in [0.5, 0.6) is 0 Å². The highest BCUT2D eigenvalue weighted by Gasteiger charge is 2.60. The lowest BCUT2D eigenvalue weighted by Crippen LogP contribution is -2.54. The van der Waals surface area contributed by atoms with Crippen molar-refractivity contribution in [1.29, 1.82) is 0 Å². The van der Waals surface area contributed by atoms with E-state index < -0.39 is 0 Å². The Morgan fingerprint density at radius 3 is 2.50 bits per heavy atom. The Labute approximate surface area is 172 Å². The molecule has 0 aromatic rings. The van der Waals surface area contributed by atoms with Crippen molar-refractivity contribution in [1.82, 2.24) is 0 Å². The zero-order valence-corrected chi connectivity index (χ0v) is 18.6. The van der Waals surface area contributed by atoms with E-state index in [2.05, 4.69) is 20.8 Å². The maximum atomic E-state index is 11.6. The first-order valence-electron chi connectivity index (χ1n) is 12.0. The largest absolute Gasteiger partial charge is 0.469 e. The molecule has 0 heterocycles. The SMILES string of the molecule is COC(=O)CCC(C)C1CC[C@H]2[C@@H]3CCC4C[C@H](O)CC[C@]4(C)[C@H]3CCC12C. The number of carbonyl (C=O) groups excluding carboxylic acids is 1. The molecule has 160 valence electrons. The van der Waals surface area contributed by atoms with E-state index in [0.29, 0.717) is 23.2 Å². The molecule has 4 fully saturated rings. The number of esters is 1. The Bertz CT molecular complexity index is 588. The van der Waals surface area contributed by atoms with Crippen LogP contribution in [0.1, 0.15) is 91.4 Å². The van der Waals surface area contributed by atoms with Crippen molar-refractivity contribution in [3.63, 3.8) is 0 Å². The molecule has 9 atom stereocenters. The van der Waals surface area contributed by atoms with Crippen LogP contribution in [0.3, 0.4) is 0 Å². The van der Waals surface area contributed by atoms with Crippen molar-refractivity contribution in [3.8, 4) is 0 Å². The van der Waals surface area contributed by atoms with Gasteiger partial charge in [-0.05, 0) is 111 Å². The topological polar surface area (TPSA) is 46.5 Å². The maximum Gasteiger partial charge on any atom is 0.305 e. The first-order valence-corrected chi connectivity index (χ1v) is 12.0. The van der Waals surface area contributed by atoms with Crippen molar-refractivity contribution < 1.29 is 14.6 Å². The lowest BCUT2D eigenvalue weighted by molar-refractivity contribution is -0.141. The van der Waals surface area contributed by atoms with E-state index in [-0.39, 0.29) is 12.1 Å². The standard InChI is InChI=1S/C25H42O3/c1-16(5-10-23(27)28-4)20-8-9-21-19-7-6-17-15-18(26)11-13-24(17,2)22(19)12-14-25(20,21)3/h16-22,26H,5-15H2,1-4H3/t16?,17?,18-,19+,20?,21+,22+,24+,25?/m1/s1. The monoisotopic (exact) mass is 390 g/mol. The highest BCUT2D eigenvalue weighted by Crippen LogP contribution is 2.68. The molecule has 0 radical (unpaired) electrons. The molecule has 28 heavy (non-hydrogen) atoms. The normalized spacial score (nSPS) is 48.9. The number of ether oxygens (including phenoxy) is 1. The van der Waals surface area contributed by atoms with E-state index in [9.17, 15) is 9.90 Å². The minimum atomic E-state index is -0.0546. The fourth-order valence-electron chi connectivity index (χ4n) is 8.86. The van der Waals surface area contributed by atoms with Crippen LogP contribution in [0, 0.1) is 46.3 Å². The van der Waals surface area contributed by atoms with Gasteiger partial charge in [-0.2, -0.15) is 0 Å². The van der Waals surface area contributed by atoms with Crippen molar-refractivity contribution in [2.45, 2.75) is 97.5 Å². The molecule has 4 rings (SSSR count). The summed E-state index contributed by atoms with van der Waals surface area (Å²) in [6.45, 7) is 7.56. The molecule has 0 saturated heterocycles. The molecule has 4 aliphatic carbocycles. The number of fused-ring (bicyclic) bond motifs is 5. The smallest absolute Gasteiger partial charge is 0.305 e. The van der Waals surface area contributed by atoms with Crippen LogP contribution in [-0.2, 0) is 9.53 Å². The second-order valence-electron chi connectivity index (χ2n) is 11.4. The van der Waals surface area contributed by atoms with Gasteiger partial charge in [-0.3, -0.25) is 4.79 Å². The minimum Gasteiger partial charge on any atom is -0.469 e. The van der Waals surface area contributed by atoms with Gasteiger partial charge in [0.15, 0.2) is 0 Å². The van der Waals surface area contributed by atoms with Crippen molar-refractivity contribution in [3.05, 3.63) is 0 Å². The molecular formula is C25H42O3. The summed E-state index contributed by atoms with van der Waals surface area (Å²) in [7, 11) is 1.50. The predicted molar refractivity (Wildman–Crippen MR) is 112 cm³/mol. The van der Waals surface area contributed by atoms with E-state index in [0.717, 1.165) is 48.9 Å². The molecule has 0 amide bonds. The average molecular weight is 391 g/mol. The molecule has 4 saturated carbocycles. The van der Waals surface area contributed by atoms with Crippen LogP contribution in [0.4, 0.5) is 0 Å². The van der Waals surface area contributed by atoms with Gasteiger partial charge in [0.05, 0.1) is 13.2 Å². The van der Waals surface area contributed by atoms with Crippen molar-refractivity contribution in [2.75, 3.05) is 7.11 Å². The summed E-state index contributed by atoms with van der Waals surface area (Å²) < 4.78 is 4.88. The zero-order chi connectivity index (χ0) is 20.1. The highest BCUT2D eigenvalue weighted by atomic mass is 16.5. The number of hydrogen-bond donors (Lipinski definition) is 1. The Balaban J connectivity index is 1.48. The van der Waals surface area contributed by atoms with Gasteiger partial charge >= 0.3 is 5.97 Å². The molecule has 0 aromatic carbocycles. The summed E-state index contributed by atoms with van der Waals surface area (Å²) in [5.41, 5.74) is 0.937. The quantitative estimate of drug-likeness (QED) is 0.636. The van der Waals surface area contributed by atoms with Gasteiger partial charge < -0.3 is 9.84 Å². The zero-order valence-electron chi connectivity index (χ0n) is 18.6. The van der Waals surface area contributed by atoms with Gasteiger partial charge in [0.1, 0.15) is 0 Å². The molecular weight excluding hydrogens is 348 g/mol. The van der Waals surface area contributed by atoms with E-state index >= 15 is 0 Å². The molecule has 0 aromatic heterocycles. The second kappa shape index (κ2) is 7.60. The van der Waals surface area contributed by atoms with Gasteiger partial charge in [0, 0.05) is 6.42 Å². The van der Waals surface area contributed by atoms with Crippen LogP contribution in [0.2, 0.25) is 0 Å². The number of aliphatic hydroxyl groups excluding tert-OH is 1. The van der Waals surface area contributed by atoms with Crippen LogP contribution >= 0.6 is 0 Å². The minimum absolute atomic E-state index is 0.0463. The van der Waals surface area contributed by atoms with E-state index in [4.69, 9.17) is 4.74 Å². The maximum absolute atomic E-state index is 11.6. The first kappa shape index (κ1) is 20.7. The van der Waals surface area contributed by atoms with Crippen molar-refractivity contribution >= 4 is 5.97 Å². The Morgan fingerprint density at radius 1 is 1.04 bits per heavy atom. The van der Waals surface area contributed by atoms with Gasteiger partial charge in [-0.25, -0.2) is 0 Å². The number of methoxy groups -OCH3 is 1. The predicted octanol–water partition coefficient (Wildman–Crippen LogP) is 5.60. The van der Waals surface area contributed by atoms with E-state index in [1.165, 1.54) is 52.1 Å². The van der Waals surface area contributed by atoms with Crippen LogP contribution in [-0.4, -0.2) is 24.3 Å². The molecule has 3 nitrogen and oxygen atoms in total. The van der Waals surface area contributed by atoms with Gasteiger partial charge in [0.25, 0.3) is 0 Å². The fraction of sp³-hybridized carbons (Fsp3) is 0.960. The average Bonchev–Trinajstić information content (AvgIpc) is 3.03. The third-order valence-corrected chi connectivity index (χ3v) is 10.4. The third-order valence-electron chi connectivity index (χ3n) is 10.4. The Morgan fingerprint density at radius 2 is 1.75 bits per heavy atom. The van der Waals surface area contributed by atoms with Gasteiger partial charge in [0.2, 0.25) is 0 Å². The van der Waals surface area contributed by atoms with E-state index in [1.54, 1.807) is 0 Å². The van der Waals surface area contributed by atoms with Gasteiger partial charge in [-0.1, -0.05) is 20.8 Å². The molecule has 4 unspecified atom stereocenters. The summed E-state index contributed by atoms with van der Waals surface area (Å²) in [5.74, 6) is 4.72. The lowest BCUT2D eigenvalue weighted by Gasteiger charge is -2.61. The van der Waals surface area contributed by atoms with Crippen LogP contribution in [0.25, 0.3) is 0 Å². The first-order chi connectivity index (χ1) is 13.3. The third kappa shape index (κ3) is 3.24. The summed E-state index contributed by atoms with van der Waals surface area (Å²) in [4.78, 5) is 11.6. The molecule has 0 bridgehead atoms. The summed E-state index contributed by atoms with van der Waals surface area (Å²) in [5, 5.41) is 10.2. The van der Waals surface area contributed by atoms with Crippen molar-refractivity contribution in [2.24, 2.45) is 46.3 Å². The summed E-state index contributed by atoms with van der Waals surface area (Å²) >= 11 is 0. The van der Waals surface area contributed by atoms with Crippen LogP contribution in [0.15, 0.2) is 0 Å². The highest BCUT2D eigenvalue weighted by molar-refractivity contribution is 5.69. The summed E-state index contributed by atoms with van der Waals surface area (Å²) in [6.07, 6.45) is 13.1.